The average molecular weight is 417 g/mol. The zero-order valence-electron chi connectivity index (χ0n) is 18.3. The number of fused-ring (bicyclic) bond motifs is 1. The van der Waals surface area contributed by atoms with Crippen molar-refractivity contribution in [2.24, 2.45) is 0 Å². The number of nitrogens with zero attached hydrogens (tertiary/aromatic N) is 3. The number of hydrogen-bond donors (Lipinski definition) is 1. The molecule has 2 heterocycles. The summed E-state index contributed by atoms with van der Waals surface area (Å²) in [6, 6.07) is 15.5. The third kappa shape index (κ3) is 4.59. The van der Waals surface area contributed by atoms with Gasteiger partial charge in [0.05, 0.1) is 16.8 Å². The van der Waals surface area contributed by atoms with E-state index in [-0.39, 0.29) is 11.8 Å². The van der Waals surface area contributed by atoms with E-state index in [1.54, 1.807) is 0 Å². The molecule has 0 spiro atoms. The molecule has 1 fully saturated rings. The van der Waals surface area contributed by atoms with Crippen LogP contribution in [0.5, 0.6) is 0 Å². The van der Waals surface area contributed by atoms with E-state index in [4.69, 9.17) is 4.98 Å². The number of carbonyl (C=O) groups is 2. The van der Waals surface area contributed by atoms with Gasteiger partial charge < -0.3 is 15.1 Å². The largest absolute Gasteiger partial charge is 0.336 e. The van der Waals surface area contributed by atoms with E-state index < -0.39 is 0 Å². The average Bonchev–Trinajstić information content (AvgIpc) is 2.78. The summed E-state index contributed by atoms with van der Waals surface area (Å²) < 4.78 is 0. The van der Waals surface area contributed by atoms with Crippen LogP contribution in [0.4, 0.5) is 5.69 Å². The second-order valence-electron chi connectivity index (χ2n) is 8.06. The number of aromatic nitrogens is 1. The summed E-state index contributed by atoms with van der Waals surface area (Å²) in [5.41, 5.74) is 5.00. The Bertz CT molecular complexity index is 1120. The Balaban J connectivity index is 1.72. The summed E-state index contributed by atoms with van der Waals surface area (Å²) in [6.07, 6.45) is 0. The van der Waals surface area contributed by atoms with Crippen molar-refractivity contribution in [1.82, 2.24) is 14.8 Å². The highest BCUT2D eigenvalue weighted by Gasteiger charge is 2.24. The molecule has 0 saturated carbocycles. The molecule has 0 aliphatic carbocycles. The first-order chi connectivity index (χ1) is 14.9. The fourth-order valence-corrected chi connectivity index (χ4v) is 4.03. The van der Waals surface area contributed by atoms with Gasteiger partial charge in [0.25, 0.3) is 5.91 Å². The van der Waals surface area contributed by atoms with Crippen LogP contribution >= 0.6 is 0 Å². The van der Waals surface area contributed by atoms with Crippen LogP contribution in [-0.2, 0) is 4.79 Å². The molecular formula is C25H28N4O2. The number of piperazine rings is 1. The van der Waals surface area contributed by atoms with Gasteiger partial charge in [-0.25, -0.2) is 4.98 Å². The van der Waals surface area contributed by atoms with Gasteiger partial charge in [-0.05, 0) is 43.8 Å². The van der Waals surface area contributed by atoms with E-state index in [0.717, 1.165) is 66.1 Å². The Hall–Kier alpha value is -3.25. The van der Waals surface area contributed by atoms with Gasteiger partial charge in [-0.3, -0.25) is 9.59 Å². The van der Waals surface area contributed by atoms with Gasteiger partial charge in [-0.1, -0.05) is 30.7 Å². The van der Waals surface area contributed by atoms with E-state index in [1.807, 2.05) is 60.4 Å². The van der Waals surface area contributed by atoms with Crippen LogP contribution in [0.2, 0.25) is 0 Å². The monoisotopic (exact) mass is 416 g/mol. The Morgan fingerprint density at radius 3 is 2.35 bits per heavy atom. The number of aryl methyl sites for hydroxylation is 1. The number of rotatable bonds is 4. The molecule has 0 unspecified atom stereocenters. The van der Waals surface area contributed by atoms with Gasteiger partial charge in [0.2, 0.25) is 5.91 Å². The summed E-state index contributed by atoms with van der Waals surface area (Å²) >= 11 is 0. The smallest absolute Gasteiger partial charge is 0.254 e. The molecule has 0 atom stereocenters. The molecular weight excluding hydrogens is 388 g/mol. The molecule has 0 radical (unpaired) electrons. The molecule has 1 aliphatic heterocycles. The van der Waals surface area contributed by atoms with Crippen LogP contribution in [-0.4, -0.2) is 59.3 Å². The zero-order valence-corrected chi connectivity index (χ0v) is 18.3. The SMILES string of the molecule is CCN1CCN(C(=O)c2cc(-c3ccc(NC(C)=O)cc3)nc3ccc(C)cc23)CC1. The number of likely N-dealkylation sites (N-methyl/N-ethyl adjacent to an activating group) is 1. The first-order valence-electron chi connectivity index (χ1n) is 10.8. The van der Waals surface area contributed by atoms with Crippen LogP contribution < -0.4 is 5.32 Å². The number of hydrogen-bond acceptors (Lipinski definition) is 4. The van der Waals surface area contributed by atoms with Crippen molar-refractivity contribution < 1.29 is 9.59 Å². The Kier molecular flexibility index (Phi) is 6.00. The van der Waals surface area contributed by atoms with Crippen molar-refractivity contribution in [1.29, 1.82) is 0 Å². The van der Waals surface area contributed by atoms with Gasteiger partial charge in [0.1, 0.15) is 0 Å². The predicted molar refractivity (Wildman–Crippen MR) is 124 cm³/mol. The van der Waals surface area contributed by atoms with E-state index >= 15 is 0 Å². The minimum Gasteiger partial charge on any atom is -0.336 e. The maximum absolute atomic E-state index is 13.5. The highest BCUT2D eigenvalue weighted by molar-refractivity contribution is 6.07. The third-order valence-electron chi connectivity index (χ3n) is 5.80. The fraction of sp³-hybridized carbons (Fsp3) is 0.320. The van der Waals surface area contributed by atoms with Crippen LogP contribution in [0.3, 0.4) is 0 Å². The van der Waals surface area contributed by atoms with E-state index in [2.05, 4.69) is 17.1 Å². The maximum Gasteiger partial charge on any atom is 0.254 e. The molecule has 1 aromatic heterocycles. The van der Waals surface area contributed by atoms with E-state index in [1.165, 1.54) is 6.92 Å². The lowest BCUT2D eigenvalue weighted by molar-refractivity contribution is -0.114. The molecule has 1 aliphatic rings. The van der Waals surface area contributed by atoms with Crippen LogP contribution in [0.15, 0.2) is 48.5 Å². The molecule has 31 heavy (non-hydrogen) atoms. The molecule has 4 rings (SSSR count). The maximum atomic E-state index is 13.5. The van der Waals surface area contributed by atoms with E-state index in [9.17, 15) is 9.59 Å². The summed E-state index contributed by atoms with van der Waals surface area (Å²) in [7, 11) is 0. The summed E-state index contributed by atoms with van der Waals surface area (Å²) in [5, 5.41) is 3.67. The molecule has 6 nitrogen and oxygen atoms in total. The second-order valence-corrected chi connectivity index (χ2v) is 8.06. The van der Waals surface area contributed by atoms with Crippen LogP contribution in [0.1, 0.15) is 29.8 Å². The standard InChI is InChI=1S/C25H28N4O2/c1-4-28-11-13-29(14-12-28)25(31)22-16-24(27-23-10-5-17(2)15-21(22)23)19-6-8-20(9-7-19)26-18(3)30/h5-10,15-16H,4,11-14H2,1-3H3,(H,26,30). The first-order valence-corrected chi connectivity index (χ1v) is 10.8. The number of nitrogens with one attached hydrogen (secondary N) is 1. The lowest BCUT2D eigenvalue weighted by atomic mass is 10.0. The minimum absolute atomic E-state index is 0.0601. The quantitative estimate of drug-likeness (QED) is 0.700. The lowest BCUT2D eigenvalue weighted by Gasteiger charge is -2.34. The Morgan fingerprint density at radius 2 is 1.71 bits per heavy atom. The van der Waals surface area contributed by atoms with Gasteiger partial charge in [-0.15, -0.1) is 0 Å². The van der Waals surface area contributed by atoms with Gasteiger partial charge >= 0.3 is 0 Å². The predicted octanol–water partition coefficient (Wildman–Crippen LogP) is 3.95. The third-order valence-corrected chi connectivity index (χ3v) is 5.80. The van der Waals surface area contributed by atoms with Gasteiger partial charge in [-0.2, -0.15) is 0 Å². The summed E-state index contributed by atoms with van der Waals surface area (Å²) in [4.78, 5) is 33.9. The molecule has 1 saturated heterocycles. The first kappa shape index (κ1) is 21.0. The minimum atomic E-state index is -0.108. The molecule has 160 valence electrons. The molecule has 2 amide bonds. The van der Waals surface area contributed by atoms with Crippen molar-refractivity contribution in [3.05, 3.63) is 59.7 Å². The van der Waals surface area contributed by atoms with Gasteiger partial charge in [0, 0.05) is 49.7 Å². The second kappa shape index (κ2) is 8.86. The number of amides is 2. The topological polar surface area (TPSA) is 65.5 Å². The van der Waals surface area contributed by atoms with Crippen LogP contribution in [0.25, 0.3) is 22.2 Å². The number of anilines is 1. The molecule has 2 aromatic carbocycles. The number of benzene rings is 2. The van der Waals surface area contributed by atoms with Crippen molar-refractivity contribution in [2.45, 2.75) is 20.8 Å². The molecule has 1 N–H and O–H groups in total. The highest BCUT2D eigenvalue weighted by atomic mass is 16.2. The van der Waals surface area contributed by atoms with Gasteiger partial charge in [0.15, 0.2) is 0 Å². The van der Waals surface area contributed by atoms with Crippen molar-refractivity contribution >= 4 is 28.4 Å². The zero-order chi connectivity index (χ0) is 22.0. The summed E-state index contributed by atoms with van der Waals surface area (Å²) in [5.74, 6) is -0.0483. The molecule has 0 bridgehead atoms. The number of pyridine rings is 1. The van der Waals surface area contributed by atoms with Crippen molar-refractivity contribution in [3.8, 4) is 11.3 Å². The van der Waals surface area contributed by atoms with E-state index in [0.29, 0.717) is 5.56 Å². The van der Waals surface area contributed by atoms with Crippen molar-refractivity contribution in [2.75, 3.05) is 38.0 Å². The molecule has 3 aromatic rings. The molecule has 6 heteroatoms. The Morgan fingerprint density at radius 1 is 1.00 bits per heavy atom. The highest BCUT2D eigenvalue weighted by Crippen LogP contribution is 2.28. The van der Waals surface area contributed by atoms with Crippen LogP contribution in [0, 0.1) is 6.92 Å². The summed E-state index contributed by atoms with van der Waals surface area (Å²) in [6.45, 7) is 9.97. The normalized spacial score (nSPS) is 14.6. The Labute approximate surface area is 182 Å². The number of carbonyl (C=O) groups excluding carboxylic acids is 2. The lowest BCUT2D eigenvalue weighted by Crippen LogP contribution is -2.48. The van der Waals surface area contributed by atoms with Crippen molar-refractivity contribution in [3.63, 3.8) is 0 Å². The fourth-order valence-electron chi connectivity index (χ4n) is 4.03.